The lowest BCUT2D eigenvalue weighted by molar-refractivity contribution is 1.18. The second kappa shape index (κ2) is 15.8. The fraction of sp³-hybridized carbons (Fsp3) is 0. The average molecular weight is 815 g/mol. The summed E-state index contributed by atoms with van der Waals surface area (Å²) in [5.41, 5.74) is 16.4. The predicted octanol–water partition coefficient (Wildman–Crippen LogP) is 17.2. The normalized spacial score (nSPS) is 11.4. The summed E-state index contributed by atoms with van der Waals surface area (Å²) in [5, 5.41) is 7.30. The van der Waals surface area contributed by atoms with Gasteiger partial charge in [-0.3, -0.25) is 0 Å². The zero-order valence-electron chi connectivity index (χ0n) is 35.1. The van der Waals surface area contributed by atoms with Gasteiger partial charge in [0.25, 0.3) is 0 Å². The summed E-state index contributed by atoms with van der Waals surface area (Å²) in [6.45, 7) is 0. The van der Waals surface area contributed by atoms with Crippen molar-refractivity contribution in [3.63, 3.8) is 0 Å². The first-order valence-corrected chi connectivity index (χ1v) is 22.0. The molecule has 0 saturated heterocycles. The second-order valence-electron chi connectivity index (χ2n) is 16.4. The molecular weight excluding hydrogens is 773 g/mol. The quantitative estimate of drug-likeness (QED) is 0.148. The molecule has 0 N–H and O–H groups in total. The van der Waals surface area contributed by atoms with E-state index in [0.717, 1.165) is 28.2 Å². The average Bonchev–Trinajstić information content (AvgIpc) is 3.70. The Morgan fingerprint density at radius 2 is 0.672 bits per heavy atom. The summed E-state index contributed by atoms with van der Waals surface area (Å²) < 4.78 is 2.50. The molecule has 2 nitrogen and oxygen atoms in total. The summed E-state index contributed by atoms with van der Waals surface area (Å²) in [6.07, 6.45) is 0. The van der Waals surface area contributed by atoms with Gasteiger partial charge < -0.3 is 9.47 Å². The maximum atomic E-state index is 2.50. The van der Waals surface area contributed by atoms with E-state index in [9.17, 15) is 0 Å². The Morgan fingerprint density at radius 3 is 1.31 bits per heavy atom. The Labute approximate surface area is 373 Å². The molecule has 64 heavy (non-hydrogen) atoms. The second-order valence-corrected chi connectivity index (χ2v) is 16.4. The van der Waals surface area contributed by atoms with Crippen LogP contribution in [-0.2, 0) is 0 Å². The van der Waals surface area contributed by atoms with Crippen LogP contribution in [0.25, 0.3) is 93.5 Å². The van der Waals surface area contributed by atoms with Crippen LogP contribution in [0.4, 0.5) is 17.1 Å². The summed E-state index contributed by atoms with van der Waals surface area (Å²) in [6, 6.07) is 92.7. The highest BCUT2D eigenvalue weighted by molar-refractivity contribution is 6.12. The highest BCUT2D eigenvalue weighted by atomic mass is 15.1. The Bertz CT molecular complexity index is 3510. The van der Waals surface area contributed by atoms with Gasteiger partial charge in [0.05, 0.1) is 33.8 Å². The van der Waals surface area contributed by atoms with Crippen LogP contribution in [0.15, 0.2) is 255 Å². The maximum Gasteiger partial charge on any atom is 0.0618 e. The van der Waals surface area contributed by atoms with E-state index >= 15 is 0 Å². The van der Waals surface area contributed by atoms with Gasteiger partial charge >= 0.3 is 0 Å². The highest BCUT2D eigenvalue weighted by Gasteiger charge is 2.22. The first kappa shape index (κ1) is 37.3. The van der Waals surface area contributed by atoms with Crippen molar-refractivity contribution >= 4 is 60.4 Å². The van der Waals surface area contributed by atoms with Crippen molar-refractivity contribution in [3.05, 3.63) is 255 Å². The van der Waals surface area contributed by atoms with E-state index in [0.29, 0.717) is 0 Å². The first-order valence-electron chi connectivity index (χ1n) is 22.0. The molecule has 0 atom stereocenters. The Kier molecular flexibility index (Phi) is 9.20. The minimum Gasteiger partial charge on any atom is -0.309 e. The number of hydrogen-bond donors (Lipinski definition) is 0. The van der Waals surface area contributed by atoms with E-state index in [2.05, 4.69) is 264 Å². The van der Waals surface area contributed by atoms with Gasteiger partial charge in [-0.2, -0.15) is 0 Å². The van der Waals surface area contributed by atoms with Crippen LogP contribution in [-0.4, -0.2) is 4.57 Å². The van der Waals surface area contributed by atoms with Gasteiger partial charge in [-0.1, -0.05) is 224 Å². The fourth-order valence-electron chi connectivity index (χ4n) is 9.83. The molecule has 300 valence electrons. The van der Waals surface area contributed by atoms with Crippen LogP contribution < -0.4 is 4.90 Å². The first-order chi connectivity index (χ1) is 31.8. The van der Waals surface area contributed by atoms with Crippen molar-refractivity contribution in [3.8, 4) is 50.2 Å². The summed E-state index contributed by atoms with van der Waals surface area (Å²) >= 11 is 0. The van der Waals surface area contributed by atoms with E-state index in [1.165, 1.54) is 82.4 Å². The van der Waals surface area contributed by atoms with Gasteiger partial charge in [-0.05, 0) is 68.9 Å². The third-order valence-electron chi connectivity index (χ3n) is 12.8. The molecule has 2 heteroatoms. The molecule has 0 aliphatic heterocycles. The largest absolute Gasteiger partial charge is 0.309 e. The monoisotopic (exact) mass is 814 g/mol. The molecule has 1 aromatic heterocycles. The minimum atomic E-state index is 1.13. The minimum absolute atomic E-state index is 1.13. The number of aromatic nitrogens is 1. The lowest BCUT2D eigenvalue weighted by atomic mass is 9.95. The lowest BCUT2D eigenvalue weighted by Gasteiger charge is -2.30. The molecule has 0 saturated carbocycles. The number of benzene rings is 11. The summed E-state index contributed by atoms with van der Waals surface area (Å²) in [7, 11) is 0. The van der Waals surface area contributed by atoms with Crippen LogP contribution in [0.2, 0.25) is 0 Å². The number of hydrogen-bond acceptors (Lipinski definition) is 1. The standard InChI is InChI=1S/C62H42N2/c1-3-18-46(19-4-1)53-30-17-31-54(47-20-5-2-6-21-47)62(53)64-60-33-14-12-29-55(60)56-41-40-49(42-61(56)64)43-36-38-48(39-37-43)52-28-11-13-32-57(52)63(58-34-15-24-44-22-7-9-26-50(44)58)59-35-16-25-45-23-8-10-27-51(45)59/h1-42H. The van der Waals surface area contributed by atoms with Gasteiger partial charge in [0.1, 0.15) is 0 Å². The molecule has 11 aromatic carbocycles. The zero-order valence-corrected chi connectivity index (χ0v) is 35.1. The Morgan fingerprint density at radius 1 is 0.250 bits per heavy atom. The number of fused-ring (bicyclic) bond motifs is 5. The topological polar surface area (TPSA) is 8.17 Å². The van der Waals surface area contributed by atoms with Crippen LogP contribution in [0.5, 0.6) is 0 Å². The van der Waals surface area contributed by atoms with Crippen molar-refractivity contribution in [2.75, 3.05) is 4.90 Å². The molecule has 0 fully saturated rings. The van der Waals surface area contributed by atoms with Gasteiger partial charge in [-0.25, -0.2) is 0 Å². The molecule has 0 spiro atoms. The summed E-state index contributed by atoms with van der Waals surface area (Å²) in [5.74, 6) is 0. The van der Waals surface area contributed by atoms with E-state index < -0.39 is 0 Å². The van der Waals surface area contributed by atoms with Crippen LogP contribution in [0, 0.1) is 0 Å². The van der Waals surface area contributed by atoms with Crippen molar-refractivity contribution in [1.82, 2.24) is 4.57 Å². The molecule has 1 heterocycles. The van der Waals surface area contributed by atoms with Crippen LogP contribution in [0.1, 0.15) is 0 Å². The smallest absolute Gasteiger partial charge is 0.0618 e. The fourth-order valence-corrected chi connectivity index (χ4v) is 9.83. The molecule has 0 amide bonds. The molecule has 12 rings (SSSR count). The van der Waals surface area contributed by atoms with E-state index in [4.69, 9.17) is 0 Å². The van der Waals surface area contributed by atoms with E-state index in [1.54, 1.807) is 0 Å². The van der Waals surface area contributed by atoms with Crippen molar-refractivity contribution in [2.24, 2.45) is 0 Å². The van der Waals surface area contributed by atoms with Gasteiger partial charge in [0.2, 0.25) is 0 Å². The van der Waals surface area contributed by atoms with Crippen LogP contribution >= 0.6 is 0 Å². The molecule has 12 aromatic rings. The Hall–Kier alpha value is -8.46. The van der Waals surface area contributed by atoms with Crippen molar-refractivity contribution in [1.29, 1.82) is 0 Å². The Balaban J connectivity index is 1.02. The number of nitrogens with zero attached hydrogens (tertiary/aromatic N) is 2. The van der Waals surface area contributed by atoms with Crippen molar-refractivity contribution < 1.29 is 0 Å². The summed E-state index contributed by atoms with van der Waals surface area (Å²) in [4.78, 5) is 2.46. The molecule has 0 bridgehead atoms. The number of anilines is 3. The molecule has 0 aliphatic carbocycles. The van der Waals surface area contributed by atoms with Crippen LogP contribution in [0.3, 0.4) is 0 Å². The van der Waals surface area contributed by atoms with Gasteiger partial charge in [0, 0.05) is 38.2 Å². The number of para-hydroxylation sites is 3. The molecule has 0 radical (unpaired) electrons. The van der Waals surface area contributed by atoms with Gasteiger partial charge in [0.15, 0.2) is 0 Å². The predicted molar refractivity (Wildman–Crippen MR) is 272 cm³/mol. The number of rotatable bonds is 8. The molecule has 0 aliphatic rings. The highest BCUT2D eigenvalue weighted by Crippen LogP contribution is 2.46. The van der Waals surface area contributed by atoms with E-state index in [-0.39, 0.29) is 0 Å². The third kappa shape index (κ3) is 6.35. The SMILES string of the molecule is c1ccc(-c2cccc(-c3ccccc3)c2-n2c3ccccc3c3ccc(-c4ccc(-c5ccccc5N(c5cccc6ccccc56)c5cccc6ccccc56)cc4)cc32)cc1. The maximum absolute atomic E-state index is 2.50. The molecule has 0 unspecified atom stereocenters. The van der Waals surface area contributed by atoms with E-state index in [1.807, 2.05) is 0 Å². The lowest BCUT2D eigenvalue weighted by Crippen LogP contribution is -2.12. The van der Waals surface area contributed by atoms with Gasteiger partial charge in [-0.15, -0.1) is 0 Å². The molecular formula is C62H42N2. The zero-order chi connectivity index (χ0) is 42.4. The van der Waals surface area contributed by atoms with Crippen molar-refractivity contribution in [2.45, 2.75) is 0 Å². The third-order valence-corrected chi connectivity index (χ3v) is 12.8.